The van der Waals surface area contributed by atoms with Crippen LogP contribution in [0.15, 0.2) is 54.7 Å². The average Bonchev–Trinajstić information content (AvgIpc) is 2.55. The standard InChI is InChI=1S/C17H17FN2O2/c18-16-15(10-6-12-19-16)9-4-5-11-20-17(21)22-13-14-7-2-1-3-8-14/h1-4,6-10,12H,5,11,13H2,(H,20,21). The topological polar surface area (TPSA) is 51.2 Å². The molecule has 0 saturated heterocycles. The van der Waals surface area contributed by atoms with E-state index >= 15 is 0 Å². The molecule has 1 aromatic carbocycles. The van der Waals surface area contributed by atoms with Crippen LogP contribution in [0.1, 0.15) is 17.5 Å². The zero-order valence-electron chi connectivity index (χ0n) is 12.0. The number of benzene rings is 1. The van der Waals surface area contributed by atoms with E-state index in [0.29, 0.717) is 18.5 Å². The molecule has 5 heteroatoms. The van der Waals surface area contributed by atoms with Gasteiger partial charge in [0.15, 0.2) is 0 Å². The van der Waals surface area contributed by atoms with Gasteiger partial charge in [-0.05, 0) is 24.1 Å². The molecule has 0 radical (unpaired) electrons. The van der Waals surface area contributed by atoms with Crippen molar-refractivity contribution in [1.82, 2.24) is 10.3 Å². The molecule has 0 spiro atoms. The highest BCUT2D eigenvalue weighted by molar-refractivity contribution is 5.67. The molecule has 0 aliphatic heterocycles. The molecule has 1 amide bonds. The van der Waals surface area contributed by atoms with Crippen LogP contribution >= 0.6 is 0 Å². The largest absolute Gasteiger partial charge is 0.445 e. The molecule has 0 aliphatic carbocycles. The van der Waals surface area contributed by atoms with Gasteiger partial charge in [-0.3, -0.25) is 0 Å². The normalized spacial score (nSPS) is 10.6. The second-order valence-corrected chi connectivity index (χ2v) is 4.56. The number of halogens is 1. The Morgan fingerprint density at radius 1 is 1.23 bits per heavy atom. The molecule has 2 rings (SSSR count). The lowest BCUT2D eigenvalue weighted by Gasteiger charge is -2.05. The minimum Gasteiger partial charge on any atom is -0.445 e. The van der Waals surface area contributed by atoms with Crippen LogP contribution in [-0.4, -0.2) is 17.6 Å². The van der Waals surface area contributed by atoms with Crippen molar-refractivity contribution in [3.05, 3.63) is 71.8 Å². The van der Waals surface area contributed by atoms with E-state index in [1.807, 2.05) is 30.3 Å². The summed E-state index contributed by atoms with van der Waals surface area (Å²) in [5.41, 5.74) is 1.36. The highest BCUT2D eigenvalue weighted by atomic mass is 19.1. The summed E-state index contributed by atoms with van der Waals surface area (Å²) in [5, 5.41) is 2.63. The van der Waals surface area contributed by atoms with Crippen LogP contribution in [-0.2, 0) is 11.3 Å². The van der Waals surface area contributed by atoms with Gasteiger partial charge in [-0.2, -0.15) is 4.39 Å². The number of rotatable bonds is 6. The van der Waals surface area contributed by atoms with Crippen LogP contribution in [0.25, 0.3) is 6.08 Å². The molecule has 1 N–H and O–H groups in total. The van der Waals surface area contributed by atoms with Gasteiger partial charge in [0.05, 0.1) is 0 Å². The Bertz CT molecular complexity index is 630. The number of aromatic nitrogens is 1. The molecule has 4 nitrogen and oxygen atoms in total. The van der Waals surface area contributed by atoms with Crippen molar-refractivity contribution in [3.8, 4) is 0 Å². The molecule has 1 heterocycles. The van der Waals surface area contributed by atoms with E-state index in [0.717, 1.165) is 5.56 Å². The van der Waals surface area contributed by atoms with E-state index in [2.05, 4.69) is 10.3 Å². The third-order valence-electron chi connectivity index (χ3n) is 2.88. The minimum absolute atomic E-state index is 0.239. The molecular formula is C17H17FN2O2. The predicted octanol–water partition coefficient (Wildman–Crippen LogP) is 3.55. The number of hydrogen-bond donors (Lipinski definition) is 1. The second-order valence-electron chi connectivity index (χ2n) is 4.56. The zero-order chi connectivity index (χ0) is 15.6. The zero-order valence-corrected chi connectivity index (χ0v) is 12.0. The number of pyridine rings is 1. The summed E-state index contributed by atoms with van der Waals surface area (Å²) in [6, 6.07) is 12.8. The first-order valence-electron chi connectivity index (χ1n) is 6.97. The van der Waals surface area contributed by atoms with Crippen molar-refractivity contribution in [3.63, 3.8) is 0 Å². The first kappa shape index (κ1) is 15.7. The molecule has 1 aromatic heterocycles. The number of hydrogen-bond acceptors (Lipinski definition) is 3. The van der Waals surface area contributed by atoms with Gasteiger partial charge >= 0.3 is 6.09 Å². The Hall–Kier alpha value is -2.69. The van der Waals surface area contributed by atoms with E-state index in [4.69, 9.17) is 4.74 Å². The summed E-state index contributed by atoms with van der Waals surface area (Å²) in [4.78, 5) is 15.0. The molecule has 0 saturated carbocycles. The summed E-state index contributed by atoms with van der Waals surface area (Å²) in [5.74, 6) is -0.506. The van der Waals surface area contributed by atoms with Crippen molar-refractivity contribution < 1.29 is 13.9 Å². The molecule has 0 aliphatic rings. The number of nitrogens with one attached hydrogen (secondary N) is 1. The lowest BCUT2D eigenvalue weighted by atomic mass is 10.2. The molecule has 0 atom stereocenters. The fourth-order valence-electron chi connectivity index (χ4n) is 1.76. The molecule has 2 aromatic rings. The summed E-state index contributed by atoms with van der Waals surface area (Å²) in [6.45, 7) is 0.662. The SMILES string of the molecule is O=C(NCCC=Cc1cccnc1F)OCc1ccccc1. The maximum absolute atomic E-state index is 13.2. The third-order valence-corrected chi connectivity index (χ3v) is 2.88. The number of carbonyl (C=O) groups is 1. The first-order chi connectivity index (χ1) is 10.8. The summed E-state index contributed by atoms with van der Waals surface area (Å²) in [7, 11) is 0. The molecular weight excluding hydrogens is 283 g/mol. The van der Waals surface area contributed by atoms with Crippen LogP contribution in [0.4, 0.5) is 9.18 Å². The molecule has 0 bridgehead atoms. The lowest BCUT2D eigenvalue weighted by molar-refractivity contribution is 0.140. The van der Waals surface area contributed by atoms with Crippen molar-refractivity contribution in [2.45, 2.75) is 13.0 Å². The Morgan fingerprint density at radius 2 is 2.05 bits per heavy atom. The van der Waals surface area contributed by atoms with Crippen LogP contribution < -0.4 is 5.32 Å². The molecule has 0 unspecified atom stereocenters. The van der Waals surface area contributed by atoms with Crippen LogP contribution in [0.2, 0.25) is 0 Å². The van der Waals surface area contributed by atoms with Crippen molar-refractivity contribution in [2.75, 3.05) is 6.54 Å². The van der Waals surface area contributed by atoms with Gasteiger partial charge in [0, 0.05) is 18.3 Å². The fraction of sp³-hybridized carbons (Fsp3) is 0.176. The fourth-order valence-corrected chi connectivity index (χ4v) is 1.76. The van der Waals surface area contributed by atoms with Crippen molar-refractivity contribution in [2.24, 2.45) is 0 Å². The monoisotopic (exact) mass is 300 g/mol. The molecule has 22 heavy (non-hydrogen) atoms. The summed E-state index contributed by atoms with van der Waals surface area (Å²) in [6.07, 6.45) is 4.92. The lowest BCUT2D eigenvalue weighted by Crippen LogP contribution is -2.24. The number of carbonyl (C=O) groups excluding carboxylic acids is 1. The van der Waals surface area contributed by atoms with Crippen molar-refractivity contribution in [1.29, 1.82) is 0 Å². The van der Waals surface area contributed by atoms with Gasteiger partial charge in [-0.25, -0.2) is 9.78 Å². The Balaban J connectivity index is 1.64. The van der Waals surface area contributed by atoms with Gasteiger partial charge < -0.3 is 10.1 Å². The summed E-state index contributed by atoms with van der Waals surface area (Å²) >= 11 is 0. The maximum atomic E-state index is 13.2. The maximum Gasteiger partial charge on any atom is 0.407 e. The van der Waals surface area contributed by atoms with Gasteiger partial charge in [0.25, 0.3) is 0 Å². The Kier molecular flexibility index (Phi) is 6.11. The average molecular weight is 300 g/mol. The number of ether oxygens (including phenoxy) is 1. The van der Waals surface area contributed by atoms with E-state index in [1.54, 1.807) is 24.3 Å². The highest BCUT2D eigenvalue weighted by Crippen LogP contribution is 2.05. The highest BCUT2D eigenvalue weighted by Gasteiger charge is 2.01. The van der Waals surface area contributed by atoms with E-state index in [-0.39, 0.29) is 6.61 Å². The first-order valence-corrected chi connectivity index (χ1v) is 6.97. The Morgan fingerprint density at radius 3 is 2.82 bits per heavy atom. The molecule has 114 valence electrons. The van der Waals surface area contributed by atoms with Gasteiger partial charge in [0.1, 0.15) is 6.61 Å². The van der Waals surface area contributed by atoms with Crippen LogP contribution in [0, 0.1) is 5.95 Å². The number of amides is 1. The number of alkyl carbamates (subject to hydrolysis) is 1. The van der Waals surface area contributed by atoms with Gasteiger partial charge in [-0.1, -0.05) is 42.5 Å². The Labute approximate surface area is 128 Å². The van der Waals surface area contributed by atoms with E-state index in [9.17, 15) is 9.18 Å². The van der Waals surface area contributed by atoms with Crippen molar-refractivity contribution >= 4 is 12.2 Å². The molecule has 0 fully saturated rings. The van der Waals surface area contributed by atoms with E-state index in [1.165, 1.54) is 6.20 Å². The summed E-state index contributed by atoms with van der Waals surface area (Å²) < 4.78 is 18.3. The quantitative estimate of drug-likeness (QED) is 0.655. The van der Waals surface area contributed by atoms with Gasteiger partial charge in [-0.15, -0.1) is 0 Å². The van der Waals surface area contributed by atoms with Gasteiger partial charge in [0.2, 0.25) is 5.95 Å². The van der Waals surface area contributed by atoms with Crippen LogP contribution in [0.3, 0.4) is 0 Å². The van der Waals surface area contributed by atoms with E-state index < -0.39 is 12.0 Å². The second kappa shape index (κ2) is 8.56. The smallest absolute Gasteiger partial charge is 0.407 e. The van der Waals surface area contributed by atoms with Crippen LogP contribution in [0.5, 0.6) is 0 Å². The minimum atomic E-state index is -0.506. The third kappa shape index (κ3) is 5.36. The predicted molar refractivity (Wildman–Crippen MR) is 82.5 cm³/mol. The number of nitrogens with zero attached hydrogens (tertiary/aromatic N) is 1.